The monoisotopic (exact) mass is 86.0 g/mol. The Labute approximate surface area is 70.1 Å². The predicted molar refractivity (Wildman–Crippen MR) is 12.5 cm³/mol. The number of nitrogens with two attached hydrogens (primary N) is 1. The van der Waals surface area contributed by atoms with E-state index in [9.17, 15) is 0 Å². The van der Waals surface area contributed by atoms with Crippen molar-refractivity contribution in [3.63, 3.8) is 0 Å². The van der Waals surface area contributed by atoms with Crippen LogP contribution in [0.15, 0.2) is 0 Å². The molecule has 0 aliphatic heterocycles. The average molecular weight is 86.2 g/mol. The molecule has 0 rings (SSSR count). The van der Waals surface area contributed by atoms with Gasteiger partial charge in [0.25, 0.3) is 0 Å². The normalized spacial score (nSPS) is 3.00. The third-order valence-corrected chi connectivity index (χ3v) is 0. The van der Waals surface area contributed by atoms with Crippen molar-refractivity contribution in [3.8, 4) is 0 Å². The van der Waals surface area contributed by atoms with Gasteiger partial charge < -0.3 is 7.16 Å². The Balaban J connectivity index is -0.00000000667. The first-order valence-corrected chi connectivity index (χ1v) is 0.569. The van der Waals surface area contributed by atoms with Gasteiger partial charge >= 0.3 is 52.8 Å². The van der Waals surface area contributed by atoms with E-state index in [-0.39, 0.29) is 60.6 Å². The van der Waals surface area contributed by atoms with E-state index in [4.69, 9.17) is 4.79 Å². The molecule has 0 saturated carbocycles. The molecule has 2 N–H and O–H groups in total. The zero-order valence-electron chi connectivity index (χ0n) is 4.56. The third kappa shape index (κ3) is 11.3. The minimum Gasteiger partial charge on any atom is -1.00 e. The van der Waals surface area contributed by atoms with Crippen molar-refractivity contribution in [2.24, 2.45) is 5.73 Å². The fraction of sp³-hybridized carbons (Fsp3) is 0. The molecule has 0 fully saturated rings. The summed E-state index contributed by atoms with van der Waals surface area (Å²) in [6, 6.07) is 0. The summed E-state index contributed by atoms with van der Waals surface area (Å²) in [4.78, 5) is 8.58. The summed E-state index contributed by atoms with van der Waals surface area (Å²) in [6.45, 7) is 0. The first-order valence-electron chi connectivity index (χ1n) is 0.569. The fourth-order valence-corrected chi connectivity index (χ4v) is 0. The second-order valence-electron chi connectivity index (χ2n) is 0.136. The van der Waals surface area contributed by atoms with Crippen LogP contribution in [0.2, 0.25) is 0 Å². The molecule has 2 nitrogen and oxygen atoms in total. The Kier molecular flexibility index (Phi) is 19.9. The van der Waals surface area contributed by atoms with Gasteiger partial charge in [0.15, 0.2) is 0 Å². The summed E-state index contributed by atoms with van der Waals surface area (Å²) in [6.07, 6.45) is 0.250. The van der Waals surface area contributed by atoms with Crippen molar-refractivity contribution < 1.29 is 59.0 Å². The minimum atomic E-state index is 0. The van der Waals surface area contributed by atoms with E-state index in [2.05, 4.69) is 5.73 Å². The molecule has 0 spiro atoms. The molecule has 0 aromatic heterocycles. The van der Waals surface area contributed by atoms with E-state index < -0.39 is 0 Å². The minimum absolute atomic E-state index is 0. The number of carbonyl (C=O) groups is 1. The molecule has 3 heteroatoms. The van der Waals surface area contributed by atoms with Crippen molar-refractivity contribution in [1.29, 1.82) is 0 Å². The summed E-state index contributed by atoms with van der Waals surface area (Å²) in [5.41, 5.74) is 4.17. The molecule has 4 heavy (non-hydrogen) atoms. The van der Waals surface area contributed by atoms with Crippen molar-refractivity contribution in [2.45, 2.75) is 0 Å². The Hall–Kier alpha value is 1.11. The maximum Gasteiger partial charge on any atom is 1.00 e. The van der Waals surface area contributed by atoms with Gasteiger partial charge in [-0.2, -0.15) is 0 Å². The van der Waals surface area contributed by atoms with Crippen molar-refractivity contribution >= 4 is 6.41 Å². The van der Waals surface area contributed by atoms with Gasteiger partial charge in [-0.15, -0.1) is 0 Å². The van der Waals surface area contributed by atoms with Crippen molar-refractivity contribution in [2.75, 3.05) is 0 Å². The van der Waals surface area contributed by atoms with Gasteiger partial charge in [-0.3, -0.25) is 4.79 Å². The second kappa shape index (κ2) is 8.93. The van der Waals surface area contributed by atoms with Gasteiger partial charge in [0.2, 0.25) is 6.41 Å². The van der Waals surface area contributed by atoms with Crippen LogP contribution in [0.5, 0.6) is 0 Å². The van der Waals surface area contributed by atoms with Crippen LogP contribution in [0.1, 0.15) is 2.85 Å². The van der Waals surface area contributed by atoms with E-state index >= 15 is 0 Å². The molecule has 0 unspecified atom stereocenters. The van der Waals surface area contributed by atoms with Gasteiger partial charge in [-0.1, -0.05) is 0 Å². The molecule has 0 aliphatic rings. The molecule has 1 amide bonds. The number of carbonyl (C=O) groups excluding carboxylic acids is 1. The third-order valence-electron chi connectivity index (χ3n) is 0. The van der Waals surface area contributed by atoms with Crippen LogP contribution in [0.3, 0.4) is 0 Å². The first-order chi connectivity index (χ1) is 1.41. The van der Waals surface area contributed by atoms with Gasteiger partial charge in [0, 0.05) is 0 Å². The molecule has 0 heterocycles. The SMILES string of the molecule is NC=O.[H+].[H-].[K+]. The summed E-state index contributed by atoms with van der Waals surface area (Å²) >= 11 is 0. The molecule has 0 atom stereocenters. The van der Waals surface area contributed by atoms with Crippen LogP contribution in [-0.4, -0.2) is 6.41 Å². The van der Waals surface area contributed by atoms with Crippen LogP contribution >= 0.6 is 0 Å². The van der Waals surface area contributed by atoms with E-state index in [1.54, 1.807) is 0 Å². The van der Waals surface area contributed by atoms with Gasteiger partial charge in [0.05, 0.1) is 0 Å². The Bertz CT molecular complexity index is 21.0. The first kappa shape index (κ1) is 8.92. The molecule has 0 saturated heterocycles. The average Bonchev–Trinajstić information content (AvgIpc) is 0.918. The van der Waals surface area contributed by atoms with E-state index in [0.717, 1.165) is 0 Å². The van der Waals surface area contributed by atoms with Gasteiger partial charge in [-0.25, -0.2) is 0 Å². The Morgan fingerprint density at radius 1 is 2.25 bits per heavy atom. The largest absolute Gasteiger partial charge is 1.00 e. The Morgan fingerprint density at radius 2 is 2.25 bits per heavy atom. The van der Waals surface area contributed by atoms with Crippen LogP contribution in [0, 0.1) is 0 Å². The molecule has 0 bridgehead atoms. The number of hydrogen-bond donors (Lipinski definition) is 1. The zero-order valence-corrected chi connectivity index (χ0v) is 5.69. The summed E-state index contributed by atoms with van der Waals surface area (Å²) in [5.74, 6) is 0. The summed E-state index contributed by atoms with van der Waals surface area (Å²) < 4.78 is 0. The van der Waals surface area contributed by atoms with Gasteiger partial charge in [0.1, 0.15) is 0 Å². The van der Waals surface area contributed by atoms with Crippen molar-refractivity contribution in [1.82, 2.24) is 0 Å². The van der Waals surface area contributed by atoms with Crippen LogP contribution < -0.4 is 57.1 Å². The fourth-order valence-electron chi connectivity index (χ4n) is 0. The number of hydrogen-bond acceptors (Lipinski definition) is 1. The zero-order chi connectivity index (χ0) is 2.71. The van der Waals surface area contributed by atoms with E-state index in [0.29, 0.717) is 0 Å². The Morgan fingerprint density at radius 3 is 2.25 bits per heavy atom. The molecular weight excluding hydrogens is 81.1 g/mol. The maximum atomic E-state index is 8.58. The molecule has 0 radical (unpaired) electrons. The predicted octanol–water partition coefficient (Wildman–Crippen LogP) is -3.67. The van der Waals surface area contributed by atoms with Crippen molar-refractivity contribution in [3.05, 3.63) is 0 Å². The summed E-state index contributed by atoms with van der Waals surface area (Å²) in [5, 5.41) is 0. The van der Waals surface area contributed by atoms with E-state index in [1.807, 2.05) is 0 Å². The maximum absolute atomic E-state index is 8.58. The molecule has 0 aromatic rings. The van der Waals surface area contributed by atoms with Crippen LogP contribution in [-0.2, 0) is 4.79 Å². The van der Waals surface area contributed by atoms with E-state index in [1.165, 1.54) is 0 Å². The second-order valence-corrected chi connectivity index (χ2v) is 0.136. The number of rotatable bonds is 0. The summed E-state index contributed by atoms with van der Waals surface area (Å²) in [7, 11) is 0. The number of amides is 1. The van der Waals surface area contributed by atoms with Gasteiger partial charge in [-0.05, 0) is 0 Å². The standard InChI is InChI=1S/CH3NO.K.H/c2-1-3;;/h1H,(H2,2,3);;/q;+1;-1/p+1. The van der Waals surface area contributed by atoms with Crippen LogP contribution in [0.4, 0.5) is 0 Å². The topological polar surface area (TPSA) is 43.1 Å². The molecule has 20 valence electrons. The molecular formula is CH5KNO+. The molecule has 0 aliphatic carbocycles. The smallest absolute Gasteiger partial charge is 1.00 e. The number of primary amides is 1. The van der Waals surface area contributed by atoms with Crippen LogP contribution in [0.25, 0.3) is 0 Å². The quantitative estimate of drug-likeness (QED) is 0.239. The molecule has 0 aromatic carbocycles.